The van der Waals surface area contributed by atoms with Gasteiger partial charge in [-0.25, -0.2) is 19.4 Å². The van der Waals surface area contributed by atoms with Crippen molar-refractivity contribution in [2.45, 2.75) is 0 Å². The average Bonchev–Trinajstić information content (AvgIpc) is 2.72. The van der Waals surface area contributed by atoms with E-state index in [0.717, 1.165) is 11.3 Å². The molecule has 118 valence electrons. The summed E-state index contributed by atoms with van der Waals surface area (Å²) in [5, 5.41) is 0.258. The highest BCUT2D eigenvalue weighted by atomic mass is 35.5. The van der Waals surface area contributed by atoms with Gasteiger partial charge in [0.05, 0.1) is 11.4 Å². The minimum Gasteiger partial charge on any atom is -0.327 e. The van der Waals surface area contributed by atoms with Crippen LogP contribution in [0.4, 0.5) is 21.6 Å². The van der Waals surface area contributed by atoms with Gasteiger partial charge in [-0.15, -0.1) is 0 Å². The second-order valence-corrected chi connectivity index (χ2v) is 5.74. The highest BCUT2D eigenvalue weighted by Gasteiger charge is 2.25. The van der Waals surface area contributed by atoms with Crippen LogP contribution in [0.5, 0.6) is 0 Å². The van der Waals surface area contributed by atoms with Gasteiger partial charge in [0.25, 0.3) is 0 Å². The molecule has 0 aliphatic carbocycles. The molecule has 0 saturated heterocycles. The smallest absolute Gasteiger partial charge is 0.163 e. The molecular formula is C18H12ClFN4. The Hall–Kier alpha value is -2.79. The summed E-state index contributed by atoms with van der Waals surface area (Å²) in [5.41, 5.74) is 3.44. The first-order valence-corrected chi connectivity index (χ1v) is 7.71. The zero-order chi connectivity index (χ0) is 16.7. The minimum atomic E-state index is -0.325. The Balaban J connectivity index is 2.08. The molecule has 0 radical (unpaired) electrons. The van der Waals surface area contributed by atoms with Crippen LogP contribution in [0.25, 0.3) is 0 Å². The van der Waals surface area contributed by atoms with E-state index in [0.29, 0.717) is 22.8 Å². The van der Waals surface area contributed by atoms with Crippen molar-refractivity contribution in [3.63, 3.8) is 0 Å². The predicted molar refractivity (Wildman–Crippen MR) is 93.2 cm³/mol. The van der Waals surface area contributed by atoms with E-state index in [1.165, 1.54) is 18.5 Å². The fourth-order valence-corrected chi connectivity index (χ4v) is 2.95. The van der Waals surface area contributed by atoms with Gasteiger partial charge < -0.3 is 4.90 Å². The Bertz CT molecular complexity index is 956. The quantitative estimate of drug-likeness (QED) is 0.612. The van der Waals surface area contributed by atoms with Crippen LogP contribution in [0.1, 0.15) is 11.1 Å². The van der Waals surface area contributed by atoms with Gasteiger partial charge in [-0.2, -0.15) is 0 Å². The van der Waals surface area contributed by atoms with E-state index in [2.05, 4.69) is 9.97 Å². The second kappa shape index (κ2) is 5.69. The number of aliphatic imine (C=N–C) groups is 1. The fourth-order valence-electron chi connectivity index (χ4n) is 2.78. The van der Waals surface area contributed by atoms with Gasteiger partial charge in [-0.1, -0.05) is 41.9 Å². The van der Waals surface area contributed by atoms with Crippen molar-refractivity contribution in [1.82, 2.24) is 9.97 Å². The van der Waals surface area contributed by atoms with Crippen LogP contribution in [-0.2, 0) is 0 Å². The summed E-state index contributed by atoms with van der Waals surface area (Å²) < 4.78 is 13.9. The molecule has 2 heterocycles. The predicted octanol–water partition coefficient (Wildman–Crippen LogP) is 4.52. The molecule has 4 nitrogen and oxygen atoms in total. The van der Waals surface area contributed by atoms with Gasteiger partial charge in [0.1, 0.15) is 17.8 Å². The molecule has 0 atom stereocenters. The zero-order valence-electron chi connectivity index (χ0n) is 12.7. The van der Waals surface area contributed by atoms with Gasteiger partial charge in [-0.3, -0.25) is 0 Å². The maximum Gasteiger partial charge on any atom is 0.163 e. The third-order valence-corrected chi connectivity index (χ3v) is 4.20. The Morgan fingerprint density at radius 2 is 1.83 bits per heavy atom. The monoisotopic (exact) mass is 338 g/mol. The lowest BCUT2D eigenvalue weighted by Gasteiger charge is -2.20. The van der Waals surface area contributed by atoms with Crippen molar-refractivity contribution in [3.05, 3.63) is 77.0 Å². The molecule has 0 saturated carbocycles. The number of fused-ring (bicyclic) bond motifs is 2. The van der Waals surface area contributed by atoms with Gasteiger partial charge in [0.15, 0.2) is 11.0 Å². The Kier molecular flexibility index (Phi) is 3.50. The third kappa shape index (κ3) is 2.34. The van der Waals surface area contributed by atoms with Gasteiger partial charge >= 0.3 is 0 Å². The Labute approximate surface area is 143 Å². The number of halogens is 2. The second-order valence-electron chi connectivity index (χ2n) is 5.38. The van der Waals surface area contributed by atoms with Crippen molar-refractivity contribution < 1.29 is 4.39 Å². The van der Waals surface area contributed by atoms with Crippen LogP contribution in [0, 0.1) is 5.82 Å². The van der Waals surface area contributed by atoms with Crippen molar-refractivity contribution in [1.29, 1.82) is 0 Å². The molecule has 1 aliphatic rings. The summed E-state index contributed by atoms with van der Waals surface area (Å²) in [4.78, 5) is 14.9. The van der Waals surface area contributed by atoms with Gasteiger partial charge in [-0.05, 0) is 18.2 Å². The highest BCUT2D eigenvalue weighted by Crippen LogP contribution is 2.41. The van der Waals surface area contributed by atoms with E-state index in [9.17, 15) is 4.39 Å². The lowest BCUT2D eigenvalue weighted by Crippen LogP contribution is -2.14. The van der Waals surface area contributed by atoms with Crippen molar-refractivity contribution in [2.75, 3.05) is 11.9 Å². The number of rotatable bonds is 1. The number of aromatic nitrogens is 2. The number of hydrogen-bond acceptors (Lipinski definition) is 4. The Morgan fingerprint density at radius 3 is 2.62 bits per heavy atom. The van der Waals surface area contributed by atoms with Crippen LogP contribution < -0.4 is 4.90 Å². The van der Waals surface area contributed by atoms with Crippen LogP contribution in [0.3, 0.4) is 0 Å². The van der Waals surface area contributed by atoms with E-state index in [-0.39, 0.29) is 11.0 Å². The molecule has 0 fully saturated rings. The molecule has 2 aromatic carbocycles. The number of hydrogen-bond donors (Lipinski definition) is 0. The summed E-state index contributed by atoms with van der Waals surface area (Å²) in [7, 11) is 1.85. The molecule has 1 aromatic heterocycles. The van der Waals surface area contributed by atoms with E-state index in [1.54, 1.807) is 6.07 Å². The van der Waals surface area contributed by atoms with Crippen molar-refractivity contribution >= 4 is 34.5 Å². The van der Waals surface area contributed by atoms with E-state index < -0.39 is 0 Å². The molecular weight excluding hydrogens is 327 g/mol. The standard InChI is InChI=1S/C18H12ClFN4/c1-24-14-8-7-12(20)9-13(14)15(11-5-3-2-4-6-11)23-16-17(19)21-10-22-18(16)24/h2-10H,1H3. The van der Waals surface area contributed by atoms with Crippen molar-refractivity contribution in [3.8, 4) is 0 Å². The summed E-state index contributed by atoms with van der Waals surface area (Å²) in [5.74, 6) is 0.253. The largest absolute Gasteiger partial charge is 0.327 e. The molecule has 0 unspecified atom stereocenters. The highest BCUT2D eigenvalue weighted by molar-refractivity contribution is 6.33. The third-order valence-electron chi connectivity index (χ3n) is 3.92. The maximum atomic E-state index is 13.9. The van der Waals surface area contributed by atoms with Crippen LogP contribution in [0.2, 0.25) is 5.15 Å². The summed E-state index contributed by atoms with van der Waals surface area (Å²) in [6, 6.07) is 14.2. The average molecular weight is 339 g/mol. The van der Waals surface area contributed by atoms with Gasteiger partial charge in [0, 0.05) is 18.2 Å². The first-order valence-electron chi connectivity index (χ1n) is 7.33. The molecule has 1 aliphatic heterocycles. The van der Waals surface area contributed by atoms with Crippen LogP contribution in [0.15, 0.2) is 59.9 Å². The molecule has 4 rings (SSSR count). The normalized spacial score (nSPS) is 13.0. The van der Waals surface area contributed by atoms with E-state index in [4.69, 9.17) is 16.6 Å². The zero-order valence-corrected chi connectivity index (χ0v) is 13.5. The van der Waals surface area contributed by atoms with Crippen LogP contribution >= 0.6 is 11.6 Å². The molecule has 3 aromatic rings. The molecule has 0 N–H and O–H groups in total. The number of nitrogens with zero attached hydrogens (tertiary/aromatic N) is 4. The van der Waals surface area contributed by atoms with E-state index in [1.807, 2.05) is 42.3 Å². The lowest BCUT2D eigenvalue weighted by atomic mass is 10.00. The van der Waals surface area contributed by atoms with Crippen LogP contribution in [-0.4, -0.2) is 22.7 Å². The first kappa shape index (κ1) is 14.8. The minimum absolute atomic E-state index is 0.258. The van der Waals surface area contributed by atoms with Crippen molar-refractivity contribution in [2.24, 2.45) is 4.99 Å². The topological polar surface area (TPSA) is 41.4 Å². The molecule has 24 heavy (non-hydrogen) atoms. The molecule has 6 heteroatoms. The maximum absolute atomic E-state index is 13.9. The fraction of sp³-hybridized carbons (Fsp3) is 0.0556. The first-order chi connectivity index (χ1) is 11.6. The molecule has 0 bridgehead atoms. The number of anilines is 2. The molecule has 0 amide bonds. The summed E-state index contributed by atoms with van der Waals surface area (Å²) in [6.07, 6.45) is 1.39. The SMILES string of the molecule is CN1c2ccc(F)cc2C(c2ccccc2)=Nc2c(Cl)ncnc21. The Morgan fingerprint density at radius 1 is 1.04 bits per heavy atom. The summed E-state index contributed by atoms with van der Waals surface area (Å²) in [6.45, 7) is 0. The number of benzene rings is 2. The van der Waals surface area contributed by atoms with Gasteiger partial charge in [0.2, 0.25) is 0 Å². The summed E-state index contributed by atoms with van der Waals surface area (Å²) >= 11 is 6.25. The molecule has 0 spiro atoms. The lowest BCUT2D eigenvalue weighted by molar-refractivity contribution is 0.627. The van der Waals surface area contributed by atoms with E-state index >= 15 is 0 Å².